The topological polar surface area (TPSA) is 50.2 Å². The molecule has 0 spiro atoms. The predicted molar refractivity (Wildman–Crippen MR) is 68.4 cm³/mol. The number of carboxylic acid groups (broad SMARTS) is 1. The SMILES string of the molecule is CSc1cccc(-c2cccc(C(=O)O)n2)c1. The van der Waals surface area contributed by atoms with Gasteiger partial charge in [0.1, 0.15) is 5.69 Å². The maximum atomic E-state index is 10.8. The third kappa shape index (κ3) is 2.65. The molecule has 0 fully saturated rings. The number of thioether (sulfide) groups is 1. The first-order valence-electron chi connectivity index (χ1n) is 5.05. The molecule has 0 amide bonds. The molecule has 0 aliphatic rings. The highest BCUT2D eigenvalue weighted by Gasteiger charge is 2.06. The number of carbonyl (C=O) groups is 1. The molecular formula is C13H11NO2S. The van der Waals surface area contributed by atoms with Crippen LogP contribution in [0.5, 0.6) is 0 Å². The summed E-state index contributed by atoms with van der Waals surface area (Å²) in [6.07, 6.45) is 2.00. The highest BCUT2D eigenvalue weighted by molar-refractivity contribution is 7.98. The largest absolute Gasteiger partial charge is 0.477 e. The molecule has 86 valence electrons. The van der Waals surface area contributed by atoms with Crippen molar-refractivity contribution in [1.29, 1.82) is 0 Å². The van der Waals surface area contributed by atoms with Gasteiger partial charge < -0.3 is 5.11 Å². The molecule has 0 aliphatic heterocycles. The second-order valence-electron chi connectivity index (χ2n) is 3.45. The first kappa shape index (κ1) is 11.7. The van der Waals surface area contributed by atoms with Crippen molar-refractivity contribution in [1.82, 2.24) is 4.98 Å². The lowest BCUT2D eigenvalue weighted by atomic mass is 10.1. The summed E-state index contributed by atoms with van der Waals surface area (Å²) >= 11 is 1.64. The second-order valence-corrected chi connectivity index (χ2v) is 4.32. The van der Waals surface area contributed by atoms with Crippen LogP contribution in [0.3, 0.4) is 0 Å². The molecule has 0 atom stereocenters. The molecule has 0 aliphatic carbocycles. The maximum absolute atomic E-state index is 10.8. The molecule has 0 bridgehead atoms. The van der Waals surface area contributed by atoms with E-state index < -0.39 is 5.97 Å². The fourth-order valence-electron chi connectivity index (χ4n) is 1.50. The first-order chi connectivity index (χ1) is 8.20. The monoisotopic (exact) mass is 245 g/mol. The standard InChI is InChI=1S/C13H11NO2S/c1-17-10-5-2-4-9(8-10)11-6-3-7-12(14-11)13(15)16/h2-8H,1H3,(H,15,16). The number of benzene rings is 1. The van der Waals surface area contributed by atoms with Gasteiger partial charge in [0.15, 0.2) is 0 Å². The lowest BCUT2D eigenvalue weighted by Gasteiger charge is -2.03. The van der Waals surface area contributed by atoms with Crippen LogP contribution in [0.2, 0.25) is 0 Å². The van der Waals surface area contributed by atoms with Crippen molar-refractivity contribution < 1.29 is 9.90 Å². The van der Waals surface area contributed by atoms with Gasteiger partial charge in [0.25, 0.3) is 0 Å². The van der Waals surface area contributed by atoms with Gasteiger partial charge in [-0.25, -0.2) is 9.78 Å². The summed E-state index contributed by atoms with van der Waals surface area (Å²) in [5.74, 6) is -1.01. The molecular weight excluding hydrogens is 234 g/mol. The zero-order valence-corrected chi connectivity index (χ0v) is 10.1. The number of aromatic nitrogens is 1. The van der Waals surface area contributed by atoms with Crippen molar-refractivity contribution >= 4 is 17.7 Å². The molecule has 0 radical (unpaired) electrons. The molecule has 2 aromatic rings. The molecule has 1 aromatic heterocycles. The normalized spacial score (nSPS) is 10.2. The number of carboxylic acids is 1. The zero-order valence-electron chi connectivity index (χ0n) is 9.25. The van der Waals surface area contributed by atoms with Crippen LogP contribution in [0.15, 0.2) is 47.4 Å². The van der Waals surface area contributed by atoms with E-state index in [2.05, 4.69) is 4.98 Å². The van der Waals surface area contributed by atoms with Crippen LogP contribution in [-0.2, 0) is 0 Å². The summed E-state index contributed by atoms with van der Waals surface area (Å²) in [4.78, 5) is 16.1. The Hall–Kier alpha value is -1.81. The third-order valence-corrected chi connectivity index (χ3v) is 3.06. The van der Waals surface area contributed by atoms with Gasteiger partial charge >= 0.3 is 5.97 Å². The zero-order chi connectivity index (χ0) is 12.3. The van der Waals surface area contributed by atoms with Gasteiger partial charge in [0.05, 0.1) is 5.69 Å². The van der Waals surface area contributed by atoms with E-state index in [0.29, 0.717) is 5.69 Å². The molecule has 1 N–H and O–H groups in total. The fourth-order valence-corrected chi connectivity index (χ4v) is 1.96. The summed E-state index contributed by atoms with van der Waals surface area (Å²) in [6.45, 7) is 0. The minimum Gasteiger partial charge on any atom is -0.477 e. The molecule has 3 nitrogen and oxygen atoms in total. The smallest absolute Gasteiger partial charge is 0.354 e. The lowest BCUT2D eigenvalue weighted by molar-refractivity contribution is 0.0690. The Kier molecular flexibility index (Phi) is 3.44. The van der Waals surface area contributed by atoms with Gasteiger partial charge in [0.2, 0.25) is 0 Å². The maximum Gasteiger partial charge on any atom is 0.354 e. The van der Waals surface area contributed by atoms with Gasteiger partial charge in [-0.15, -0.1) is 11.8 Å². The van der Waals surface area contributed by atoms with Crippen molar-refractivity contribution in [3.63, 3.8) is 0 Å². The van der Waals surface area contributed by atoms with Gasteiger partial charge in [-0.2, -0.15) is 0 Å². The van der Waals surface area contributed by atoms with E-state index in [-0.39, 0.29) is 5.69 Å². The Morgan fingerprint density at radius 2 is 2.00 bits per heavy atom. The van der Waals surface area contributed by atoms with Gasteiger partial charge in [-0.05, 0) is 30.5 Å². The second kappa shape index (κ2) is 5.01. The Bertz CT molecular complexity index is 555. The Labute approximate surface area is 104 Å². The fraction of sp³-hybridized carbons (Fsp3) is 0.0769. The van der Waals surface area contributed by atoms with Gasteiger partial charge in [-0.3, -0.25) is 0 Å². The van der Waals surface area contributed by atoms with Crippen LogP contribution in [0.4, 0.5) is 0 Å². The molecule has 2 rings (SSSR count). The van der Waals surface area contributed by atoms with Crippen LogP contribution < -0.4 is 0 Å². The summed E-state index contributed by atoms with van der Waals surface area (Å²) in [7, 11) is 0. The van der Waals surface area contributed by atoms with Gasteiger partial charge in [-0.1, -0.05) is 18.2 Å². The summed E-state index contributed by atoms with van der Waals surface area (Å²) < 4.78 is 0. The lowest BCUT2D eigenvalue weighted by Crippen LogP contribution is -2.00. The first-order valence-corrected chi connectivity index (χ1v) is 6.28. The van der Waals surface area contributed by atoms with E-state index in [1.165, 1.54) is 6.07 Å². The Morgan fingerprint density at radius 3 is 2.71 bits per heavy atom. The molecule has 1 heterocycles. The number of nitrogens with zero attached hydrogens (tertiary/aromatic N) is 1. The third-order valence-electron chi connectivity index (χ3n) is 2.33. The number of pyridine rings is 1. The van der Waals surface area contributed by atoms with Crippen LogP contribution in [0.25, 0.3) is 11.3 Å². The highest BCUT2D eigenvalue weighted by Crippen LogP contribution is 2.23. The van der Waals surface area contributed by atoms with Crippen molar-refractivity contribution in [3.8, 4) is 11.3 Å². The Balaban J connectivity index is 2.45. The van der Waals surface area contributed by atoms with Crippen LogP contribution in [0.1, 0.15) is 10.5 Å². The molecule has 0 saturated heterocycles. The minimum absolute atomic E-state index is 0.0667. The number of aromatic carboxylic acids is 1. The Morgan fingerprint density at radius 1 is 1.24 bits per heavy atom. The quantitative estimate of drug-likeness (QED) is 0.844. The molecule has 0 unspecified atom stereocenters. The number of rotatable bonds is 3. The van der Waals surface area contributed by atoms with E-state index in [1.807, 2.05) is 36.6 Å². The number of hydrogen-bond donors (Lipinski definition) is 1. The van der Waals surface area contributed by atoms with Crippen molar-refractivity contribution in [3.05, 3.63) is 48.2 Å². The van der Waals surface area contributed by atoms with E-state index >= 15 is 0 Å². The van der Waals surface area contributed by atoms with E-state index in [0.717, 1.165) is 10.5 Å². The highest BCUT2D eigenvalue weighted by atomic mass is 32.2. The van der Waals surface area contributed by atoms with Crippen LogP contribution in [0, 0.1) is 0 Å². The summed E-state index contributed by atoms with van der Waals surface area (Å²) in [6, 6.07) is 12.9. The minimum atomic E-state index is -1.01. The predicted octanol–water partition coefficient (Wildman–Crippen LogP) is 3.17. The summed E-state index contributed by atoms with van der Waals surface area (Å²) in [5.41, 5.74) is 1.68. The van der Waals surface area contributed by atoms with E-state index in [1.54, 1.807) is 17.8 Å². The van der Waals surface area contributed by atoms with Gasteiger partial charge in [0, 0.05) is 10.5 Å². The van der Waals surface area contributed by atoms with E-state index in [4.69, 9.17) is 5.11 Å². The molecule has 0 saturated carbocycles. The molecule has 17 heavy (non-hydrogen) atoms. The number of hydrogen-bond acceptors (Lipinski definition) is 3. The van der Waals surface area contributed by atoms with Crippen molar-refractivity contribution in [2.24, 2.45) is 0 Å². The average molecular weight is 245 g/mol. The summed E-state index contributed by atoms with van der Waals surface area (Å²) in [5, 5.41) is 8.89. The van der Waals surface area contributed by atoms with Crippen molar-refractivity contribution in [2.45, 2.75) is 4.90 Å². The average Bonchev–Trinajstić information content (AvgIpc) is 2.39. The molecule has 1 aromatic carbocycles. The van der Waals surface area contributed by atoms with Crippen LogP contribution >= 0.6 is 11.8 Å². The van der Waals surface area contributed by atoms with E-state index in [9.17, 15) is 4.79 Å². The van der Waals surface area contributed by atoms with Crippen LogP contribution in [-0.4, -0.2) is 22.3 Å². The molecule has 4 heteroatoms. The van der Waals surface area contributed by atoms with Crippen molar-refractivity contribution in [2.75, 3.05) is 6.26 Å².